The molecule has 7 nitrogen and oxygen atoms in total. The van der Waals surface area contributed by atoms with Crippen molar-refractivity contribution in [3.05, 3.63) is 93.6 Å². The largest absolute Gasteiger partial charge is 0.493 e. The van der Waals surface area contributed by atoms with Gasteiger partial charge in [0.15, 0.2) is 5.79 Å². The minimum absolute atomic E-state index is 0.0964. The zero-order chi connectivity index (χ0) is 29.0. The van der Waals surface area contributed by atoms with Crippen LogP contribution in [0.1, 0.15) is 43.1 Å². The molecule has 2 aliphatic rings. The molecule has 0 amide bonds. The number of H-pyrrole nitrogens is 1. The summed E-state index contributed by atoms with van der Waals surface area (Å²) >= 11 is 11.8. The van der Waals surface area contributed by atoms with Crippen molar-refractivity contribution in [2.75, 3.05) is 26.8 Å². The lowest BCUT2D eigenvalue weighted by atomic mass is 9.93. The van der Waals surface area contributed by atoms with Crippen LogP contribution in [0.3, 0.4) is 0 Å². The fourth-order valence-electron chi connectivity index (χ4n) is 5.33. The molecule has 1 fully saturated rings. The topological polar surface area (TPSA) is 73.0 Å². The first-order valence-electron chi connectivity index (χ1n) is 13.6. The highest BCUT2D eigenvalue weighted by molar-refractivity contribution is 6.31. The number of fused-ring (bicyclic) bond motifs is 3. The van der Waals surface area contributed by atoms with Crippen LogP contribution in [0, 0.1) is 0 Å². The molecular weight excluding hydrogens is 563 g/mol. The Morgan fingerprint density at radius 3 is 2.41 bits per heavy atom. The molecule has 3 aromatic carbocycles. The van der Waals surface area contributed by atoms with E-state index in [0.29, 0.717) is 30.5 Å². The number of rotatable bonds is 7. The summed E-state index contributed by atoms with van der Waals surface area (Å²) in [4.78, 5) is 15.9. The number of hydrogen-bond acceptors (Lipinski definition) is 6. The van der Waals surface area contributed by atoms with Crippen molar-refractivity contribution in [2.45, 2.75) is 44.6 Å². The predicted molar refractivity (Wildman–Crippen MR) is 161 cm³/mol. The van der Waals surface area contributed by atoms with E-state index in [0.717, 1.165) is 35.7 Å². The summed E-state index contributed by atoms with van der Waals surface area (Å²) in [6, 6.07) is 21.3. The molecule has 0 saturated carbocycles. The van der Waals surface area contributed by atoms with Crippen molar-refractivity contribution >= 4 is 40.6 Å². The Balaban J connectivity index is 0.000000287. The summed E-state index contributed by atoms with van der Waals surface area (Å²) in [6.07, 6.45) is 1.93. The Hall–Kier alpha value is -3.07. The summed E-state index contributed by atoms with van der Waals surface area (Å²) in [6.45, 7) is 6.52. The number of benzene rings is 3. The van der Waals surface area contributed by atoms with E-state index in [1.54, 1.807) is 24.3 Å². The average molecular weight is 598 g/mol. The lowest BCUT2D eigenvalue weighted by Gasteiger charge is -2.33. The highest BCUT2D eigenvalue weighted by atomic mass is 35.5. The third kappa shape index (κ3) is 7.23. The van der Waals surface area contributed by atoms with Crippen LogP contribution in [0.4, 0.5) is 0 Å². The van der Waals surface area contributed by atoms with Crippen LogP contribution in [-0.2, 0) is 20.7 Å². The monoisotopic (exact) mass is 596 g/mol. The maximum absolute atomic E-state index is 9.80. The van der Waals surface area contributed by atoms with Crippen molar-refractivity contribution < 1.29 is 23.7 Å². The molecular formula is C32H34Cl2N2O5. The minimum Gasteiger partial charge on any atom is -0.493 e. The Bertz CT molecular complexity index is 1470. The van der Waals surface area contributed by atoms with Gasteiger partial charge in [-0.25, -0.2) is 0 Å². The molecule has 6 rings (SSSR count). The van der Waals surface area contributed by atoms with Crippen molar-refractivity contribution in [3.8, 4) is 11.5 Å². The van der Waals surface area contributed by atoms with Gasteiger partial charge in [-0.05, 0) is 93.0 Å². The van der Waals surface area contributed by atoms with Crippen LogP contribution in [0.25, 0.3) is 10.9 Å². The third-order valence-corrected chi connectivity index (χ3v) is 7.79. The van der Waals surface area contributed by atoms with E-state index in [9.17, 15) is 4.79 Å². The van der Waals surface area contributed by atoms with Gasteiger partial charge in [0.2, 0.25) is 0 Å². The highest BCUT2D eigenvalue weighted by Crippen LogP contribution is 2.38. The standard InChI is InChI=1S/C25H29ClN2O3.C7H5ClO2/c1-25(2)30-15-19(31-25)11-13-29-18-7-4-16(5-8-18)24-23-20(10-12-28(24)3)21-14-17(26)6-9-22(21)27-23;8-6-1-3-7(4-2-6)10-5-9/h4-9,14,19,24,27H,10-13,15H2,1-3H3;1-5H. The molecule has 4 aromatic rings. The van der Waals surface area contributed by atoms with Crippen molar-refractivity contribution in [3.63, 3.8) is 0 Å². The number of nitrogens with zero attached hydrogens (tertiary/aromatic N) is 1. The first kappa shape index (κ1) is 29.4. The second-order valence-electron chi connectivity index (χ2n) is 10.7. The van der Waals surface area contributed by atoms with Gasteiger partial charge in [0.05, 0.1) is 25.4 Å². The zero-order valence-electron chi connectivity index (χ0n) is 23.4. The Labute approximate surface area is 250 Å². The molecule has 1 aromatic heterocycles. The first-order valence-corrected chi connectivity index (χ1v) is 14.4. The third-order valence-electron chi connectivity index (χ3n) is 7.30. The normalized spacial score (nSPS) is 19.7. The molecule has 2 unspecified atom stereocenters. The van der Waals surface area contributed by atoms with Gasteiger partial charge >= 0.3 is 0 Å². The number of aromatic nitrogens is 1. The SMILES string of the molecule is CN1CCc2c([nH]c3ccc(Cl)cc23)C1c1ccc(OCCC2COC(C)(C)O2)cc1.O=COc1ccc(Cl)cc1. The second-order valence-corrected chi connectivity index (χ2v) is 11.5. The summed E-state index contributed by atoms with van der Waals surface area (Å²) in [7, 11) is 2.18. The summed E-state index contributed by atoms with van der Waals surface area (Å²) in [5.41, 5.74) is 5.04. The number of halogens is 2. The molecule has 3 heterocycles. The van der Waals surface area contributed by atoms with Gasteiger partial charge in [-0.15, -0.1) is 0 Å². The van der Waals surface area contributed by atoms with E-state index in [-0.39, 0.29) is 12.1 Å². The fraction of sp³-hybridized carbons (Fsp3) is 0.344. The van der Waals surface area contributed by atoms with Crippen LogP contribution >= 0.6 is 23.2 Å². The first-order chi connectivity index (χ1) is 19.7. The Morgan fingerprint density at radius 1 is 1.02 bits per heavy atom. The van der Waals surface area contributed by atoms with Crippen LogP contribution in [0.15, 0.2) is 66.7 Å². The molecule has 1 N–H and O–H groups in total. The van der Waals surface area contributed by atoms with E-state index in [1.807, 2.05) is 19.9 Å². The van der Waals surface area contributed by atoms with Gasteiger partial charge in [-0.1, -0.05) is 35.3 Å². The van der Waals surface area contributed by atoms with Crippen molar-refractivity contribution in [1.82, 2.24) is 9.88 Å². The predicted octanol–water partition coefficient (Wildman–Crippen LogP) is 7.19. The Morgan fingerprint density at radius 2 is 1.73 bits per heavy atom. The second kappa shape index (κ2) is 12.8. The van der Waals surface area contributed by atoms with Crippen LogP contribution < -0.4 is 9.47 Å². The summed E-state index contributed by atoms with van der Waals surface area (Å²) in [5.74, 6) is 0.897. The van der Waals surface area contributed by atoms with Gasteiger partial charge in [-0.3, -0.25) is 9.69 Å². The minimum atomic E-state index is -0.481. The Kier molecular flexibility index (Phi) is 9.22. The number of carbonyl (C=O) groups is 1. The van der Waals surface area contributed by atoms with E-state index < -0.39 is 5.79 Å². The maximum atomic E-state index is 9.80. The molecule has 41 heavy (non-hydrogen) atoms. The van der Waals surface area contributed by atoms with E-state index in [1.165, 1.54) is 22.2 Å². The van der Waals surface area contributed by atoms with Gasteiger partial charge in [0, 0.05) is 39.6 Å². The molecule has 0 aliphatic carbocycles. The number of ether oxygens (including phenoxy) is 4. The molecule has 2 atom stereocenters. The zero-order valence-corrected chi connectivity index (χ0v) is 24.9. The van der Waals surface area contributed by atoms with Gasteiger partial charge in [-0.2, -0.15) is 0 Å². The van der Waals surface area contributed by atoms with Crippen LogP contribution in [0.2, 0.25) is 10.0 Å². The molecule has 0 spiro atoms. The molecule has 1 saturated heterocycles. The lowest BCUT2D eigenvalue weighted by molar-refractivity contribution is -0.139. The summed E-state index contributed by atoms with van der Waals surface area (Å²) < 4.78 is 21.9. The average Bonchev–Trinajstić information content (AvgIpc) is 3.49. The molecule has 0 radical (unpaired) electrons. The fourth-order valence-corrected chi connectivity index (χ4v) is 5.63. The molecule has 0 bridgehead atoms. The van der Waals surface area contributed by atoms with Gasteiger partial charge in [0.1, 0.15) is 11.5 Å². The van der Waals surface area contributed by atoms with Gasteiger partial charge in [0.25, 0.3) is 6.47 Å². The van der Waals surface area contributed by atoms with Gasteiger partial charge < -0.3 is 23.9 Å². The molecule has 2 aliphatic heterocycles. The van der Waals surface area contributed by atoms with Crippen molar-refractivity contribution in [2.24, 2.45) is 0 Å². The highest BCUT2D eigenvalue weighted by Gasteiger charge is 2.32. The van der Waals surface area contributed by atoms with Crippen molar-refractivity contribution in [1.29, 1.82) is 0 Å². The smallest absolute Gasteiger partial charge is 0.298 e. The number of nitrogens with one attached hydrogen (secondary N) is 1. The number of likely N-dealkylation sites (N-methyl/N-ethyl adjacent to an activating group) is 1. The van der Waals surface area contributed by atoms with E-state index >= 15 is 0 Å². The van der Waals surface area contributed by atoms with Crippen LogP contribution in [0.5, 0.6) is 11.5 Å². The summed E-state index contributed by atoms with van der Waals surface area (Å²) in [5, 5.41) is 2.64. The number of hydrogen-bond donors (Lipinski definition) is 1. The molecule has 9 heteroatoms. The lowest BCUT2D eigenvalue weighted by Crippen LogP contribution is -2.32. The number of aromatic amines is 1. The van der Waals surface area contributed by atoms with E-state index in [2.05, 4.69) is 58.1 Å². The maximum Gasteiger partial charge on any atom is 0.298 e. The quantitative estimate of drug-likeness (QED) is 0.227. The van der Waals surface area contributed by atoms with Crippen LogP contribution in [-0.4, -0.2) is 55.1 Å². The number of carbonyl (C=O) groups excluding carboxylic acids is 1. The van der Waals surface area contributed by atoms with E-state index in [4.69, 9.17) is 37.4 Å². The molecule has 216 valence electrons.